The van der Waals surface area contributed by atoms with Crippen molar-refractivity contribution in [2.24, 2.45) is 0 Å². The van der Waals surface area contributed by atoms with Gasteiger partial charge in [0.25, 0.3) is 0 Å². The molecule has 0 aliphatic rings. The third kappa shape index (κ3) is 8.93. The maximum Gasteiger partial charge on any atom is 0.0716 e. The molecule has 13 heavy (non-hydrogen) atoms. The van der Waals surface area contributed by atoms with Crippen molar-refractivity contribution in [3.05, 3.63) is 0 Å². The quantitative estimate of drug-likeness (QED) is 0.389. The van der Waals surface area contributed by atoms with Crippen molar-refractivity contribution in [2.45, 2.75) is 19.4 Å². The molecule has 0 rings (SSSR count). The molecule has 0 amide bonds. The molecule has 0 radical (unpaired) electrons. The van der Waals surface area contributed by atoms with Gasteiger partial charge < -0.3 is 14.2 Å². The Balaban J connectivity index is 3.16. The van der Waals surface area contributed by atoms with Crippen molar-refractivity contribution in [3.8, 4) is 0 Å². The van der Waals surface area contributed by atoms with E-state index < -0.39 is 0 Å². The van der Waals surface area contributed by atoms with E-state index in [1.54, 1.807) is 7.11 Å². The van der Waals surface area contributed by atoms with E-state index in [-0.39, 0.29) is 5.60 Å². The predicted molar refractivity (Wildman–Crippen MR) is 61.6 cm³/mol. The molecule has 0 aromatic carbocycles. The maximum absolute atomic E-state index is 5.59. The van der Waals surface area contributed by atoms with Gasteiger partial charge >= 0.3 is 0 Å². The highest BCUT2D eigenvalue weighted by Crippen LogP contribution is 2.11. The van der Waals surface area contributed by atoms with Crippen LogP contribution < -0.4 is 0 Å². The van der Waals surface area contributed by atoms with Gasteiger partial charge in [-0.05, 0) is 13.8 Å². The van der Waals surface area contributed by atoms with E-state index in [9.17, 15) is 0 Å². The second-order valence-corrected chi connectivity index (χ2v) is 4.11. The molecule has 0 saturated heterocycles. The molecule has 0 aliphatic heterocycles. The topological polar surface area (TPSA) is 27.7 Å². The van der Waals surface area contributed by atoms with Gasteiger partial charge in [-0.3, -0.25) is 0 Å². The minimum atomic E-state index is -0.0365. The Morgan fingerprint density at radius 1 is 1.08 bits per heavy atom. The van der Waals surface area contributed by atoms with E-state index in [1.807, 2.05) is 0 Å². The fraction of sp³-hybridized carbons (Fsp3) is 1.00. The smallest absolute Gasteiger partial charge is 0.0716 e. The molecule has 0 aliphatic carbocycles. The van der Waals surface area contributed by atoms with Crippen LogP contribution in [0.3, 0.4) is 0 Å². The van der Waals surface area contributed by atoms with E-state index >= 15 is 0 Å². The number of hydrogen-bond acceptors (Lipinski definition) is 3. The average molecular weight is 302 g/mol. The van der Waals surface area contributed by atoms with Gasteiger partial charge in [0.15, 0.2) is 0 Å². The standard InChI is InChI=1S/C9H19IO3/c1-9(2,8-10)13-7-6-12-5-4-11-3/h4-8H2,1-3H3. The van der Waals surface area contributed by atoms with E-state index in [4.69, 9.17) is 14.2 Å². The minimum absolute atomic E-state index is 0.0365. The molecule has 0 fully saturated rings. The van der Waals surface area contributed by atoms with Crippen molar-refractivity contribution in [2.75, 3.05) is 38.0 Å². The fourth-order valence-electron chi connectivity index (χ4n) is 0.660. The molecule has 0 unspecified atom stereocenters. The third-order valence-corrected chi connectivity index (χ3v) is 3.31. The van der Waals surface area contributed by atoms with E-state index in [1.165, 1.54) is 0 Å². The summed E-state index contributed by atoms with van der Waals surface area (Å²) in [5.41, 5.74) is -0.0365. The van der Waals surface area contributed by atoms with Crippen molar-refractivity contribution in [1.82, 2.24) is 0 Å². The monoisotopic (exact) mass is 302 g/mol. The molecule has 0 N–H and O–H groups in total. The number of hydrogen-bond donors (Lipinski definition) is 0. The molecule has 0 atom stereocenters. The van der Waals surface area contributed by atoms with E-state index in [0.29, 0.717) is 26.4 Å². The van der Waals surface area contributed by atoms with Crippen LogP contribution in [-0.4, -0.2) is 43.6 Å². The first-order valence-electron chi connectivity index (χ1n) is 4.39. The summed E-state index contributed by atoms with van der Waals surface area (Å²) in [5.74, 6) is 0. The lowest BCUT2D eigenvalue weighted by molar-refractivity contribution is -0.0363. The second-order valence-electron chi connectivity index (χ2n) is 3.35. The maximum atomic E-state index is 5.59. The first kappa shape index (κ1) is 13.6. The van der Waals surface area contributed by atoms with Crippen LogP contribution in [0.1, 0.15) is 13.8 Å². The number of rotatable bonds is 8. The highest BCUT2D eigenvalue weighted by Gasteiger charge is 2.15. The molecule has 0 saturated carbocycles. The van der Waals surface area contributed by atoms with Gasteiger partial charge in [-0.15, -0.1) is 0 Å². The summed E-state index contributed by atoms with van der Waals surface area (Å²) in [6, 6.07) is 0. The van der Waals surface area contributed by atoms with E-state index in [0.717, 1.165) is 4.43 Å². The molecular weight excluding hydrogens is 283 g/mol. The van der Waals surface area contributed by atoms with Gasteiger partial charge in [-0.25, -0.2) is 0 Å². The normalized spacial score (nSPS) is 12.0. The first-order chi connectivity index (χ1) is 6.12. The summed E-state index contributed by atoms with van der Waals surface area (Å²) in [5, 5.41) is 0. The van der Waals surface area contributed by atoms with Crippen molar-refractivity contribution in [1.29, 1.82) is 0 Å². The van der Waals surface area contributed by atoms with Gasteiger partial charge in [-0.1, -0.05) is 22.6 Å². The highest BCUT2D eigenvalue weighted by atomic mass is 127. The van der Waals surface area contributed by atoms with Crippen LogP contribution in [0.2, 0.25) is 0 Å². The number of methoxy groups -OCH3 is 1. The lowest BCUT2D eigenvalue weighted by atomic mass is 10.2. The minimum Gasteiger partial charge on any atom is -0.382 e. The summed E-state index contributed by atoms with van der Waals surface area (Å²) >= 11 is 2.32. The summed E-state index contributed by atoms with van der Waals surface area (Å²) < 4.78 is 16.7. The number of alkyl halides is 1. The van der Waals surface area contributed by atoms with Crippen LogP contribution in [-0.2, 0) is 14.2 Å². The van der Waals surface area contributed by atoms with Gasteiger partial charge in [0.05, 0.1) is 32.0 Å². The Labute approximate surface area is 94.3 Å². The molecule has 0 spiro atoms. The highest BCUT2D eigenvalue weighted by molar-refractivity contribution is 14.1. The van der Waals surface area contributed by atoms with Crippen LogP contribution in [0.15, 0.2) is 0 Å². The molecule has 0 heterocycles. The lowest BCUT2D eigenvalue weighted by Gasteiger charge is -2.22. The Kier molecular flexibility index (Phi) is 8.34. The fourth-order valence-corrected chi connectivity index (χ4v) is 0.880. The second kappa shape index (κ2) is 7.96. The van der Waals surface area contributed by atoms with E-state index in [2.05, 4.69) is 36.4 Å². The zero-order valence-corrected chi connectivity index (χ0v) is 10.8. The molecule has 0 aromatic rings. The Morgan fingerprint density at radius 2 is 1.69 bits per heavy atom. The van der Waals surface area contributed by atoms with Crippen LogP contribution in [0.4, 0.5) is 0 Å². The Morgan fingerprint density at radius 3 is 2.23 bits per heavy atom. The molecule has 0 bridgehead atoms. The van der Waals surface area contributed by atoms with Gasteiger partial charge in [0.2, 0.25) is 0 Å². The van der Waals surface area contributed by atoms with Crippen LogP contribution >= 0.6 is 22.6 Å². The molecule has 3 nitrogen and oxygen atoms in total. The van der Waals surface area contributed by atoms with Gasteiger partial charge in [0.1, 0.15) is 0 Å². The van der Waals surface area contributed by atoms with Gasteiger partial charge in [0, 0.05) is 11.5 Å². The van der Waals surface area contributed by atoms with Crippen LogP contribution in [0, 0.1) is 0 Å². The van der Waals surface area contributed by atoms with Crippen LogP contribution in [0.25, 0.3) is 0 Å². The number of halogens is 1. The summed E-state index contributed by atoms with van der Waals surface area (Å²) in [7, 11) is 1.67. The average Bonchev–Trinajstić information content (AvgIpc) is 2.11. The Hall–Kier alpha value is 0.610. The zero-order valence-electron chi connectivity index (χ0n) is 8.64. The largest absolute Gasteiger partial charge is 0.382 e. The Bertz CT molecular complexity index is 117. The van der Waals surface area contributed by atoms with Crippen molar-refractivity contribution >= 4 is 22.6 Å². The van der Waals surface area contributed by atoms with Gasteiger partial charge in [-0.2, -0.15) is 0 Å². The first-order valence-corrected chi connectivity index (χ1v) is 5.91. The molecule has 0 aromatic heterocycles. The summed E-state index contributed by atoms with van der Waals surface area (Å²) in [4.78, 5) is 0. The predicted octanol–water partition coefficient (Wildman–Crippen LogP) is 1.88. The molecule has 80 valence electrons. The van der Waals surface area contributed by atoms with Crippen molar-refractivity contribution < 1.29 is 14.2 Å². The number of ether oxygens (including phenoxy) is 3. The summed E-state index contributed by atoms with van der Waals surface area (Å²) in [6.45, 7) is 6.74. The third-order valence-electron chi connectivity index (χ3n) is 1.47. The summed E-state index contributed by atoms with van der Waals surface area (Å²) in [6.07, 6.45) is 0. The molecular formula is C9H19IO3. The zero-order chi connectivity index (χ0) is 10.2. The van der Waals surface area contributed by atoms with Crippen LogP contribution in [0.5, 0.6) is 0 Å². The SMILES string of the molecule is COCCOCCOC(C)(C)CI. The van der Waals surface area contributed by atoms with Crippen molar-refractivity contribution in [3.63, 3.8) is 0 Å². The molecule has 4 heteroatoms. The lowest BCUT2D eigenvalue weighted by Crippen LogP contribution is -2.28.